The van der Waals surface area contributed by atoms with Crippen LogP contribution < -0.4 is 5.73 Å². The molecule has 0 spiro atoms. The summed E-state index contributed by atoms with van der Waals surface area (Å²) >= 11 is 0. The Labute approximate surface area is 125 Å². The molecule has 0 saturated carbocycles. The number of ether oxygens (including phenoxy) is 1. The minimum absolute atomic E-state index is 0.357. The Bertz CT molecular complexity index is 679. The molecule has 0 aliphatic carbocycles. The molecule has 3 nitrogen and oxygen atoms in total. The van der Waals surface area contributed by atoms with Gasteiger partial charge in [-0.25, -0.2) is 4.79 Å². The van der Waals surface area contributed by atoms with E-state index in [9.17, 15) is 18.0 Å². The van der Waals surface area contributed by atoms with Gasteiger partial charge in [0.2, 0.25) is 0 Å². The molecule has 0 heterocycles. The molecule has 6 heteroatoms. The fourth-order valence-corrected chi connectivity index (χ4v) is 2.08. The van der Waals surface area contributed by atoms with Crippen LogP contribution in [0, 0.1) is 0 Å². The number of nitrogens with two attached hydrogens (primary N) is 1. The fourth-order valence-electron chi connectivity index (χ4n) is 2.08. The standard InChI is InChI=1S/C16H14F3NO2/c1-22-15(21)13-7-6-12(8-14(13)16(17,18)19)11-4-2-10(9-20)3-5-11/h2-8H,9,20H2,1H3. The SMILES string of the molecule is COC(=O)c1ccc(-c2ccc(CN)cc2)cc1C(F)(F)F. The average molecular weight is 309 g/mol. The number of alkyl halides is 3. The zero-order valence-electron chi connectivity index (χ0n) is 11.8. The molecule has 0 aliphatic heterocycles. The molecule has 22 heavy (non-hydrogen) atoms. The van der Waals surface area contributed by atoms with E-state index in [1.807, 2.05) is 0 Å². The van der Waals surface area contributed by atoms with Gasteiger partial charge in [-0.1, -0.05) is 30.3 Å². The van der Waals surface area contributed by atoms with E-state index in [4.69, 9.17) is 5.73 Å². The maximum atomic E-state index is 13.1. The van der Waals surface area contributed by atoms with Crippen LogP contribution in [-0.2, 0) is 17.5 Å². The highest BCUT2D eigenvalue weighted by Crippen LogP contribution is 2.35. The maximum Gasteiger partial charge on any atom is 0.417 e. The van der Waals surface area contributed by atoms with Crippen molar-refractivity contribution in [2.75, 3.05) is 7.11 Å². The summed E-state index contributed by atoms with van der Waals surface area (Å²) in [5.41, 5.74) is 5.83. The number of carbonyl (C=O) groups excluding carboxylic acids is 1. The van der Waals surface area contributed by atoms with Gasteiger partial charge in [-0.05, 0) is 28.8 Å². The van der Waals surface area contributed by atoms with Crippen LogP contribution in [0.15, 0.2) is 42.5 Å². The number of methoxy groups -OCH3 is 1. The van der Waals surface area contributed by atoms with Gasteiger partial charge in [0.05, 0.1) is 18.2 Å². The van der Waals surface area contributed by atoms with Gasteiger partial charge in [0, 0.05) is 6.54 Å². The van der Waals surface area contributed by atoms with Crippen LogP contribution in [0.3, 0.4) is 0 Å². The Morgan fingerprint density at radius 2 is 1.68 bits per heavy atom. The Kier molecular flexibility index (Phi) is 4.51. The summed E-state index contributed by atoms with van der Waals surface area (Å²) in [6.45, 7) is 0.357. The van der Waals surface area contributed by atoms with Crippen molar-refractivity contribution >= 4 is 5.97 Å². The summed E-state index contributed by atoms with van der Waals surface area (Å²) in [6, 6.07) is 10.4. The smallest absolute Gasteiger partial charge is 0.417 e. The second kappa shape index (κ2) is 6.19. The normalized spacial score (nSPS) is 11.3. The number of hydrogen-bond acceptors (Lipinski definition) is 3. The van der Waals surface area contributed by atoms with E-state index in [-0.39, 0.29) is 0 Å². The van der Waals surface area contributed by atoms with Crippen molar-refractivity contribution in [1.82, 2.24) is 0 Å². The van der Waals surface area contributed by atoms with Gasteiger partial charge < -0.3 is 10.5 Å². The predicted molar refractivity (Wildman–Crippen MR) is 76.1 cm³/mol. The summed E-state index contributed by atoms with van der Waals surface area (Å²) < 4.78 is 43.8. The van der Waals surface area contributed by atoms with Crippen LogP contribution >= 0.6 is 0 Å². The second-order valence-corrected chi connectivity index (χ2v) is 4.65. The third-order valence-electron chi connectivity index (χ3n) is 3.25. The van der Waals surface area contributed by atoms with Gasteiger partial charge in [-0.15, -0.1) is 0 Å². The van der Waals surface area contributed by atoms with E-state index in [0.717, 1.165) is 24.8 Å². The van der Waals surface area contributed by atoms with Crippen molar-refractivity contribution in [2.24, 2.45) is 5.73 Å². The molecule has 0 saturated heterocycles. The average Bonchev–Trinajstić information content (AvgIpc) is 2.53. The zero-order chi connectivity index (χ0) is 16.3. The van der Waals surface area contributed by atoms with Crippen molar-refractivity contribution in [3.8, 4) is 11.1 Å². The van der Waals surface area contributed by atoms with Crippen molar-refractivity contribution in [3.63, 3.8) is 0 Å². The summed E-state index contributed by atoms with van der Waals surface area (Å²) in [4.78, 5) is 11.5. The van der Waals surface area contributed by atoms with E-state index in [2.05, 4.69) is 4.74 Å². The number of hydrogen-bond donors (Lipinski definition) is 1. The minimum atomic E-state index is -4.64. The first kappa shape index (κ1) is 16.0. The molecule has 2 rings (SSSR count). The predicted octanol–water partition coefficient (Wildman–Crippen LogP) is 3.62. The largest absolute Gasteiger partial charge is 0.465 e. The number of rotatable bonds is 3. The molecule has 0 atom stereocenters. The molecule has 0 fully saturated rings. The summed E-state index contributed by atoms with van der Waals surface area (Å²) in [5, 5.41) is 0. The van der Waals surface area contributed by atoms with Gasteiger partial charge in [-0.2, -0.15) is 13.2 Å². The van der Waals surface area contributed by atoms with Gasteiger partial charge in [0.25, 0.3) is 0 Å². The molecular formula is C16H14F3NO2. The highest BCUT2D eigenvalue weighted by atomic mass is 19.4. The highest BCUT2D eigenvalue weighted by Gasteiger charge is 2.35. The topological polar surface area (TPSA) is 52.3 Å². The Hall–Kier alpha value is -2.34. The molecule has 0 unspecified atom stereocenters. The van der Waals surface area contributed by atoms with Crippen molar-refractivity contribution in [3.05, 3.63) is 59.2 Å². The third kappa shape index (κ3) is 3.28. The molecule has 0 aromatic heterocycles. The molecular weight excluding hydrogens is 295 g/mol. The lowest BCUT2D eigenvalue weighted by atomic mass is 9.98. The lowest BCUT2D eigenvalue weighted by Crippen LogP contribution is -2.14. The zero-order valence-corrected chi connectivity index (χ0v) is 11.8. The molecule has 2 N–H and O–H groups in total. The number of halogens is 3. The lowest BCUT2D eigenvalue weighted by molar-refractivity contribution is -0.138. The van der Waals surface area contributed by atoms with E-state index >= 15 is 0 Å². The van der Waals surface area contributed by atoms with E-state index in [0.29, 0.717) is 17.7 Å². The van der Waals surface area contributed by atoms with E-state index in [1.165, 1.54) is 6.07 Å². The number of carbonyl (C=O) groups is 1. The third-order valence-corrected chi connectivity index (χ3v) is 3.25. The number of esters is 1. The van der Waals surface area contributed by atoms with Crippen LogP contribution in [-0.4, -0.2) is 13.1 Å². The van der Waals surface area contributed by atoms with Gasteiger partial charge in [-0.3, -0.25) is 0 Å². The quantitative estimate of drug-likeness (QED) is 0.881. The maximum absolute atomic E-state index is 13.1. The summed E-state index contributed by atoms with van der Waals surface area (Å²) in [7, 11) is 1.04. The van der Waals surface area contributed by atoms with Crippen LogP contribution in [0.2, 0.25) is 0 Å². The Morgan fingerprint density at radius 3 is 2.18 bits per heavy atom. The first-order valence-electron chi connectivity index (χ1n) is 6.45. The monoisotopic (exact) mass is 309 g/mol. The molecule has 0 bridgehead atoms. The minimum Gasteiger partial charge on any atom is -0.465 e. The molecule has 2 aromatic carbocycles. The fraction of sp³-hybridized carbons (Fsp3) is 0.188. The Balaban J connectivity index is 2.52. The van der Waals surface area contributed by atoms with Crippen LogP contribution in [0.1, 0.15) is 21.5 Å². The van der Waals surface area contributed by atoms with Crippen LogP contribution in [0.4, 0.5) is 13.2 Å². The molecule has 2 aromatic rings. The summed E-state index contributed by atoms with van der Waals surface area (Å²) in [6.07, 6.45) is -4.64. The van der Waals surface area contributed by atoms with Crippen LogP contribution in [0.5, 0.6) is 0 Å². The van der Waals surface area contributed by atoms with Crippen molar-refractivity contribution in [2.45, 2.75) is 12.7 Å². The van der Waals surface area contributed by atoms with Gasteiger partial charge in [0.15, 0.2) is 0 Å². The lowest BCUT2D eigenvalue weighted by Gasteiger charge is -2.13. The summed E-state index contributed by atoms with van der Waals surface area (Å²) in [5.74, 6) is -1.02. The first-order chi connectivity index (χ1) is 10.4. The first-order valence-corrected chi connectivity index (χ1v) is 6.45. The molecule has 116 valence electrons. The van der Waals surface area contributed by atoms with Crippen molar-refractivity contribution in [1.29, 1.82) is 0 Å². The number of benzene rings is 2. The Morgan fingerprint density at radius 1 is 1.09 bits per heavy atom. The molecule has 0 aliphatic rings. The van der Waals surface area contributed by atoms with Gasteiger partial charge in [0.1, 0.15) is 0 Å². The molecule has 0 amide bonds. The van der Waals surface area contributed by atoms with E-state index in [1.54, 1.807) is 24.3 Å². The van der Waals surface area contributed by atoms with E-state index < -0.39 is 23.3 Å². The molecule has 0 radical (unpaired) electrons. The van der Waals surface area contributed by atoms with Crippen molar-refractivity contribution < 1.29 is 22.7 Å². The van der Waals surface area contributed by atoms with Crippen LogP contribution in [0.25, 0.3) is 11.1 Å². The van der Waals surface area contributed by atoms with Gasteiger partial charge >= 0.3 is 12.1 Å². The highest BCUT2D eigenvalue weighted by molar-refractivity contribution is 5.92. The second-order valence-electron chi connectivity index (χ2n) is 4.65.